The van der Waals surface area contributed by atoms with Crippen molar-refractivity contribution in [1.29, 1.82) is 0 Å². The first kappa shape index (κ1) is 14.3. The number of benzene rings is 1. The van der Waals surface area contributed by atoms with E-state index in [4.69, 9.17) is 11.5 Å². The number of amides is 1. The van der Waals surface area contributed by atoms with Crippen LogP contribution >= 0.6 is 11.3 Å². The molecule has 0 aliphatic rings. The van der Waals surface area contributed by atoms with E-state index in [0.29, 0.717) is 0 Å². The van der Waals surface area contributed by atoms with E-state index in [2.05, 4.69) is 10.3 Å². The molecule has 1 unspecified atom stereocenters. The van der Waals surface area contributed by atoms with E-state index in [-0.39, 0.29) is 23.0 Å². The molecule has 0 aliphatic heterocycles. The molecule has 2 rings (SSSR count). The molecule has 0 saturated heterocycles. The summed E-state index contributed by atoms with van der Waals surface area (Å²) in [5, 5.41) is 5.74. The normalized spacial score (nSPS) is 12.1. The molecule has 1 amide bonds. The summed E-state index contributed by atoms with van der Waals surface area (Å²) in [6.07, 6.45) is 2.42. The number of halogens is 1. The highest BCUT2D eigenvalue weighted by Crippen LogP contribution is 2.28. The standard InChI is InChI=1S/C13H15FN4OS/c1-2-10(13-17-3-4-20-13)18-11-5-7(12(16)19)9(15)6-8(11)14/h3-6,10,18H,2,15H2,1H3,(H2,16,19). The lowest BCUT2D eigenvalue weighted by molar-refractivity contribution is 0.100. The molecule has 0 aliphatic carbocycles. The molecule has 106 valence electrons. The lowest BCUT2D eigenvalue weighted by Gasteiger charge is -2.17. The second kappa shape index (κ2) is 5.87. The Hall–Kier alpha value is -2.15. The molecule has 1 atom stereocenters. The molecule has 0 bridgehead atoms. The maximum atomic E-state index is 13.9. The molecular formula is C13H15FN4OS. The first-order chi connectivity index (χ1) is 9.52. The number of thiazole rings is 1. The lowest BCUT2D eigenvalue weighted by atomic mass is 10.1. The highest BCUT2D eigenvalue weighted by atomic mass is 32.1. The van der Waals surface area contributed by atoms with E-state index in [9.17, 15) is 9.18 Å². The summed E-state index contributed by atoms with van der Waals surface area (Å²) in [7, 11) is 0. The predicted octanol–water partition coefficient (Wildman–Crippen LogP) is 2.53. The Morgan fingerprint density at radius 1 is 1.55 bits per heavy atom. The largest absolute Gasteiger partial charge is 0.398 e. The van der Waals surface area contributed by atoms with Gasteiger partial charge in [0.15, 0.2) is 0 Å². The van der Waals surface area contributed by atoms with Crippen LogP contribution in [0.4, 0.5) is 15.8 Å². The van der Waals surface area contributed by atoms with Crippen molar-refractivity contribution in [2.24, 2.45) is 5.73 Å². The van der Waals surface area contributed by atoms with Gasteiger partial charge >= 0.3 is 0 Å². The van der Waals surface area contributed by atoms with Crippen LogP contribution in [0.15, 0.2) is 23.7 Å². The number of primary amides is 1. The molecule has 5 N–H and O–H groups in total. The maximum absolute atomic E-state index is 13.9. The summed E-state index contributed by atoms with van der Waals surface area (Å²) in [6.45, 7) is 1.96. The molecule has 0 saturated carbocycles. The topological polar surface area (TPSA) is 94.0 Å². The summed E-state index contributed by atoms with van der Waals surface area (Å²) in [4.78, 5) is 15.5. The van der Waals surface area contributed by atoms with Crippen LogP contribution in [0.5, 0.6) is 0 Å². The van der Waals surface area contributed by atoms with Crippen molar-refractivity contribution in [3.8, 4) is 0 Å². The Bertz CT molecular complexity index is 615. The van der Waals surface area contributed by atoms with E-state index >= 15 is 0 Å². The molecule has 1 aromatic heterocycles. The van der Waals surface area contributed by atoms with Gasteiger partial charge in [0.05, 0.1) is 17.3 Å². The van der Waals surface area contributed by atoms with Crippen LogP contribution in [-0.2, 0) is 0 Å². The smallest absolute Gasteiger partial charge is 0.250 e. The summed E-state index contributed by atoms with van der Waals surface area (Å²) in [5.74, 6) is -1.21. The molecule has 1 heterocycles. The van der Waals surface area contributed by atoms with Gasteiger partial charge in [0.2, 0.25) is 0 Å². The number of anilines is 2. The summed E-state index contributed by atoms with van der Waals surface area (Å²) in [6, 6.07) is 2.30. The zero-order chi connectivity index (χ0) is 14.7. The molecule has 2 aromatic rings. The Labute approximate surface area is 119 Å². The quantitative estimate of drug-likeness (QED) is 0.739. The Balaban J connectivity index is 2.33. The summed E-state index contributed by atoms with van der Waals surface area (Å²) in [5.41, 5.74) is 11.1. The number of nitrogens with one attached hydrogen (secondary N) is 1. The van der Waals surface area contributed by atoms with Crippen LogP contribution in [0.2, 0.25) is 0 Å². The molecule has 20 heavy (non-hydrogen) atoms. The number of nitrogens with two attached hydrogens (primary N) is 2. The van der Waals surface area contributed by atoms with Crippen molar-refractivity contribution in [1.82, 2.24) is 4.98 Å². The maximum Gasteiger partial charge on any atom is 0.250 e. The third-order valence-electron chi connectivity index (χ3n) is 2.89. The second-order valence-corrected chi connectivity index (χ2v) is 5.19. The fraction of sp³-hybridized carbons (Fsp3) is 0.231. The van der Waals surface area contributed by atoms with Crippen molar-refractivity contribution >= 4 is 28.6 Å². The SMILES string of the molecule is CCC(Nc1cc(C(N)=O)c(N)cc1F)c1nccs1. The minimum Gasteiger partial charge on any atom is -0.398 e. The monoisotopic (exact) mass is 294 g/mol. The highest BCUT2D eigenvalue weighted by Gasteiger charge is 2.17. The average Bonchev–Trinajstić information content (AvgIpc) is 2.91. The van der Waals surface area contributed by atoms with Crippen LogP contribution in [0, 0.1) is 5.82 Å². The number of nitrogen functional groups attached to an aromatic ring is 1. The van der Waals surface area contributed by atoms with E-state index < -0.39 is 11.7 Å². The lowest BCUT2D eigenvalue weighted by Crippen LogP contribution is -2.16. The van der Waals surface area contributed by atoms with Crippen molar-refractivity contribution < 1.29 is 9.18 Å². The minimum atomic E-state index is -0.687. The van der Waals surface area contributed by atoms with Gasteiger partial charge in [0, 0.05) is 17.3 Å². The average molecular weight is 294 g/mol. The van der Waals surface area contributed by atoms with Crippen LogP contribution in [0.1, 0.15) is 34.8 Å². The van der Waals surface area contributed by atoms with E-state index in [0.717, 1.165) is 17.5 Å². The van der Waals surface area contributed by atoms with E-state index in [1.807, 2.05) is 12.3 Å². The van der Waals surface area contributed by atoms with Gasteiger partial charge in [0.1, 0.15) is 10.8 Å². The summed E-state index contributed by atoms with van der Waals surface area (Å²) >= 11 is 1.48. The van der Waals surface area contributed by atoms with Gasteiger partial charge < -0.3 is 16.8 Å². The Morgan fingerprint density at radius 2 is 2.30 bits per heavy atom. The number of carbonyl (C=O) groups is 1. The van der Waals surface area contributed by atoms with Crippen molar-refractivity contribution in [2.45, 2.75) is 19.4 Å². The molecule has 0 spiro atoms. The van der Waals surface area contributed by atoms with Crippen LogP contribution in [-0.4, -0.2) is 10.9 Å². The second-order valence-electron chi connectivity index (χ2n) is 4.26. The van der Waals surface area contributed by atoms with Gasteiger partial charge in [-0.15, -0.1) is 11.3 Å². The van der Waals surface area contributed by atoms with Crippen molar-refractivity contribution in [2.75, 3.05) is 11.1 Å². The predicted molar refractivity (Wildman–Crippen MR) is 78.1 cm³/mol. The zero-order valence-corrected chi connectivity index (χ0v) is 11.7. The Morgan fingerprint density at radius 3 is 2.85 bits per heavy atom. The number of nitrogens with zero attached hydrogens (tertiary/aromatic N) is 1. The fourth-order valence-corrected chi connectivity index (χ4v) is 2.62. The van der Waals surface area contributed by atoms with Crippen molar-refractivity contribution in [3.05, 3.63) is 40.1 Å². The fourth-order valence-electron chi connectivity index (χ4n) is 1.85. The molecule has 5 nitrogen and oxygen atoms in total. The number of carbonyl (C=O) groups excluding carboxylic acids is 1. The molecule has 7 heteroatoms. The van der Waals surface area contributed by atoms with Gasteiger partial charge in [-0.3, -0.25) is 4.79 Å². The number of hydrogen-bond acceptors (Lipinski definition) is 5. The van der Waals surface area contributed by atoms with E-state index in [1.165, 1.54) is 17.4 Å². The molecule has 1 aromatic carbocycles. The van der Waals surface area contributed by atoms with Crippen molar-refractivity contribution in [3.63, 3.8) is 0 Å². The first-order valence-corrected chi connectivity index (χ1v) is 6.95. The van der Waals surface area contributed by atoms with Gasteiger partial charge in [-0.1, -0.05) is 6.92 Å². The van der Waals surface area contributed by atoms with Gasteiger partial charge in [-0.2, -0.15) is 0 Å². The zero-order valence-electron chi connectivity index (χ0n) is 10.9. The Kier molecular flexibility index (Phi) is 4.19. The number of hydrogen-bond donors (Lipinski definition) is 3. The number of rotatable bonds is 5. The van der Waals surface area contributed by atoms with Gasteiger partial charge in [-0.05, 0) is 18.6 Å². The third kappa shape index (κ3) is 2.88. The third-order valence-corrected chi connectivity index (χ3v) is 3.78. The number of aromatic nitrogens is 1. The van der Waals surface area contributed by atoms with Gasteiger partial charge in [-0.25, -0.2) is 9.37 Å². The molecular weight excluding hydrogens is 279 g/mol. The van der Waals surface area contributed by atoms with Crippen LogP contribution < -0.4 is 16.8 Å². The highest BCUT2D eigenvalue weighted by molar-refractivity contribution is 7.09. The van der Waals surface area contributed by atoms with Gasteiger partial charge in [0.25, 0.3) is 5.91 Å². The van der Waals surface area contributed by atoms with E-state index in [1.54, 1.807) is 6.20 Å². The molecule has 0 fully saturated rings. The molecule has 0 radical (unpaired) electrons. The van der Waals surface area contributed by atoms with Crippen LogP contribution in [0.25, 0.3) is 0 Å². The summed E-state index contributed by atoms with van der Waals surface area (Å²) < 4.78 is 13.9. The minimum absolute atomic E-state index is 0.0304. The first-order valence-electron chi connectivity index (χ1n) is 6.07. The van der Waals surface area contributed by atoms with Crippen LogP contribution in [0.3, 0.4) is 0 Å².